The van der Waals surface area contributed by atoms with Crippen LogP contribution in [0.1, 0.15) is 36.6 Å². The van der Waals surface area contributed by atoms with Crippen LogP contribution >= 0.6 is 15.9 Å². The average molecular weight is 620 g/mol. The fourth-order valence-electron chi connectivity index (χ4n) is 4.94. The third-order valence-corrected chi connectivity index (χ3v) is 7.35. The minimum absolute atomic E-state index is 0.0631. The maximum Gasteiger partial charge on any atom is 0.434 e. The Balaban J connectivity index is 1.32. The molecule has 1 aliphatic rings. The highest BCUT2D eigenvalue weighted by Crippen LogP contribution is 2.38. The van der Waals surface area contributed by atoms with E-state index in [4.69, 9.17) is 9.63 Å². The fourth-order valence-corrected chi connectivity index (χ4v) is 5.21. The molecule has 2 aromatic heterocycles. The van der Waals surface area contributed by atoms with Crippen molar-refractivity contribution in [3.8, 4) is 28.5 Å². The number of hydrogen-bond acceptors (Lipinski definition) is 7. The standard InChI is InChI=1S/C27H25BrF3N5O4/c28-19-7-9-20(10-8-19)36-24(27(29,30)31)21(13-32-36)26-33-25(34-40-26)18-5-3-17(4-6-18)22(37)15-35-11-1-2-16(14-35)12-23(38)39/h3-10,13,16,22,37H,1-2,11-12,14-15H2,(H,38,39). The highest BCUT2D eigenvalue weighted by molar-refractivity contribution is 9.10. The molecule has 0 bridgehead atoms. The predicted molar refractivity (Wildman–Crippen MR) is 141 cm³/mol. The molecule has 0 aliphatic carbocycles. The molecule has 2 atom stereocenters. The Bertz CT molecular complexity index is 1470. The molecule has 13 heteroatoms. The van der Waals surface area contributed by atoms with Crippen LogP contribution in [0.25, 0.3) is 28.5 Å². The number of aliphatic hydroxyl groups is 1. The number of carboxylic acids is 1. The van der Waals surface area contributed by atoms with Gasteiger partial charge in [-0.1, -0.05) is 45.4 Å². The third-order valence-electron chi connectivity index (χ3n) is 6.82. The van der Waals surface area contributed by atoms with Crippen LogP contribution in [0, 0.1) is 5.92 Å². The molecule has 1 saturated heterocycles. The van der Waals surface area contributed by atoms with Crippen molar-refractivity contribution in [2.24, 2.45) is 5.92 Å². The van der Waals surface area contributed by atoms with Crippen LogP contribution in [0.15, 0.2) is 63.7 Å². The van der Waals surface area contributed by atoms with Crippen molar-refractivity contribution < 1.29 is 32.7 Å². The molecule has 5 rings (SSSR count). The summed E-state index contributed by atoms with van der Waals surface area (Å²) in [5.74, 6) is -0.988. The predicted octanol–water partition coefficient (Wildman–Crippen LogP) is 5.59. The molecule has 0 saturated carbocycles. The number of alkyl halides is 3. The number of halogens is 4. The zero-order valence-corrected chi connectivity index (χ0v) is 22.6. The fraction of sp³-hybridized carbons (Fsp3) is 0.333. The average Bonchev–Trinajstić information content (AvgIpc) is 3.57. The van der Waals surface area contributed by atoms with Crippen LogP contribution in [0.2, 0.25) is 0 Å². The molecular formula is C27H25BrF3N5O4. The summed E-state index contributed by atoms with van der Waals surface area (Å²) in [4.78, 5) is 17.3. The van der Waals surface area contributed by atoms with E-state index in [0.717, 1.165) is 30.3 Å². The van der Waals surface area contributed by atoms with Crippen molar-refractivity contribution in [3.05, 3.63) is 70.5 Å². The van der Waals surface area contributed by atoms with Crippen molar-refractivity contribution >= 4 is 21.9 Å². The second-order valence-corrected chi connectivity index (χ2v) is 10.6. The minimum atomic E-state index is -4.74. The highest BCUT2D eigenvalue weighted by atomic mass is 79.9. The zero-order chi connectivity index (χ0) is 28.4. The smallest absolute Gasteiger partial charge is 0.434 e. The Kier molecular flexibility index (Phi) is 8.06. The van der Waals surface area contributed by atoms with Gasteiger partial charge in [0.05, 0.1) is 23.6 Å². The summed E-state index contributed by atoms with van der Waals surface area (Å²) >= 11 is 3.27. The van der Waals surface area contributed by atoms with Gasteiger partial charge in [-0.15, -0.1) is 0 Å². The number of aromatic nitrogens is 4. The molecule has 1 fully saturated rings. The van der Waals surface area contributed by atoms with Crippen LogP contribution < -0.4 is 0 Å². The molecule has 2 unspecified atom stereocenters. The lowest BCUT2D eigenvalue weighted by Gasteiger charge is -2.33. The summed E-state index contributed by atoms with van der Waals surface area (Å²) in [6.07, 6.45) is -2.64. The highest BCUT2D eigenvalue weighted by Gasteiger charge is 2.40. The zero-order valence-electron chi connectivity index (χ0n) is 21.1. The van der Waals surface area contributed by atoms with Gasteiger partial charge in [-0.25, -0.2) is 4.68 Å². The first-order chi connectivity index (χ1) is 19.1. The molecule has 210 valence electrons. The molecule has 40 heavy (non-hydrogen) atoms. The maximum absolute atomic E-state index is 14.1. The maximum atomic E-state index is 14.1. The normalized spacial score (nSPS) is 17.2. The van der Waals surface area contributed by atoms with Crippen molar-refractivity contribution in [1.82, 2.24) is 24.8 Å². The second kappa shape index (κ2) is 11.5. The van der Waals surface area contributed by atoms with Crippen molar-refractivity contribution in [1.29, 1.82) is 0 Å². The lowest BCUT2D eigenvalue weighted by atomic mass is 9.94. The summed E-state index contributed by atoms with van der Waals surface area (Å²) in [5, 5.41) is 27.6. The monoisotopic (exact) mass is 619 g/mol. The van der Waals surface area contributed by atoms with Gasteiger partial charge in [-0.2, -0.15) is 23.3 Å². The molecular weight excluding hydrogens is 595 g/mol. The first kappa shape index (κ1) is 28.0. The van der Waals surface area contributed by atoms with Crippen molar-refractivity contribution in [3.63, 3.8) is 0 Å². The van der Waals surface area contributed by atoms with Crippen LogP contribution in [0.3, 0.4) is 0 Å². The summed E-state index contributed by atoms with van der Waals surface area (Å²) in [6, 6.07) is 13.0. The van der Waals surface area contributed by atoms with E-state index in [0.29, 0.717) is 28.7 Å². The summed E-state index contributed by atoms with van der Waals surface area (Å²) in [5.41, 5.74) is -0.0179. The van der Waals surface area contributed by atoms with Gasteiger partial charge in [0.15, 0.2) is 5.69 Å². The Morgan fingerprint density at radius 1 is 1.15 bits per heavy atom. The van der Waals surface area contributed by atoms with E-state index in [2.05, 4.69) is 36.1 Å². The molecule has 0 radical (unpaired) electrons. The van der Waals surface area contributed by atoms with Gasteiger partial charge in [-0.05, 0) is 55.1 Å². The number of likely N-dealkylation sites (tertiary alicyclic amines) is 1. The van der Waals surface area contributed by atoms with Gasteiger partial charge in [0.2, 0.25) is 5.82 Å². The molecule has 2 aromatic carbocycles. The summed E-state index contributed by atoms with van der Waals surface area (Å²) in [6.45, 7) is 1.77. The van der Waals surface area contributed by atoms with E-state index in [1.165, 1.54) is 12.1 Å². The Hall–Kier alpha value is -3.55. The summed E-state index contributed by atoms with van der Waals surface area (Å²) < 4.78 is 48.9. The number of carbonyl (C=O) groups is 1. The molecule has 0 amide bonds. The number of piperidine rings is 1. The molecule has 3 heterocycles. The molecule has 1 aliphatic heterocycles. The number of rotatable bonds is 8. The van der Waals surface area contributed by atoms with Crippen molar-refractivity contribution in [2.75, 3.05) is 19.6 Å². The lowest BCUT2D eigenvalue weighted by Crippen LogP contribution is -2.38. The second-order valence-electron chi connectivity index (χ2n) is 9.72. The van der Waals surface area contributed by atoms with E-state index in [9.17, 15) is 23.1 Å². The summed E-state index contributed by atoms with van der Waals surface area (Å²) in [7, 11) is 0. The number of carboxylic acid groups (broad SMARTS) is 1. The molecule has 4 aromatic rings. The van der Waals surface area contributed by atoms with Gasteiger partial charge in [0.25, 0.3) is 5.89 Å². The van der Waals surface area contributed by atoms with Gasteiger partial charge in [-0.3, -0.25) is 4.79 Å². The number of β-amino-alcohol motifs (C(OH)–C–C–N with tert-alkyl or cyclic N) is 1. The number of nitrogens with zero attached hydrogens (tertiary/aromatic N) is 5. The molecule has 2 N–H and O–H groups in total. The lowest BCUT2D eigenvalue weighted by molar-refractivity contribution is -0.142. The molecule has 0 spiro atoms. The first-order valence-electron chi connectivity index (χ1n) is 12.6. The number of hydrogen-bond donors (Lipinski definition) is 2. The van der Waals surface area contributed by atoms with E-state index < -0.39 is 23.9 Å². The van der Waals surface area contributed by atoms with Gasteiger partial charge >= 0.3 is 12.1 Å². The number of aliphatic carboxylic acids is 1. The third kappa shape index (κ3) is 6.26. The largest absolute Gasteiger partial charge is 0.481 e. The Labute approximate surface area is 235 Å². The SMILES string of the molecule is O=C(O)CC1CCCN(CC(O)c2ccc(-c3noc(-c4cnn(-c5ccc(Br)cc5)c4C(F)(F)F)n3)cc2)C1. The van der Waals surface area contributed by atoms with Crippen LogP contribution in [0.4, 0.5) is 13.2 Å². The Morgan fingerprint density at radius 2 is 1.88 bits per heavy atom. The minimum Gasteiger partial charge on any atom is -0.481 e. The Morgan fingerprint density at radius 3 is 2.55 bits per heavy atom. The quantitative estimate of drug-likeness (QED) is 0.262. The van der Waals surface area contributed by atoms with Crippen molar-refractivity contribution in [2.45, 2.75) is 31.5 Å². The van der Waals surface area contributed by atoms with E-state index in [-0.39, 0.29) is 35.3 Å². The number of benzene rings is 2. The van der Waals surface area contributed by atoms with Crippen LogP contribution in [0.5, 0.6) is 0 Å². The van der Waals surface area contributed by atoms with E-state index in [1.807, 2.05) is 0 Å². The van der Waals surface area contributed by atoms with Gasteiger partial charge < -0.3 is 19.6 Å². The van der Waals surface area contributed by atoms with E-state index >= 15 is 0 Å². The van der Waals surface area contributed by atoms with Gasteiger partial charge in [0.1, 0.15) is 0 Å². The van der Waals surface area contributed by atoms with E-state index in [1.54, 1.807) is 36.4 Å². The topological polar surface area (TPSA) is 118 Å². The van der Waals surface area contributed by atoms with Gasteiger partial charge in [0, 0.05) is 29.5 Å². The van der Waals surface area contributed by atoms with Crippen LogP contribution in [-0.4, -0.2) is 60.6 Å². The number of aliphatic hydroxyl groups excluding tert-OH is 1. The van der Waals surface area contributed by atoms with Crippen LogP contribution in [-0.2, 0) is 11.0 Å². The molecule has 9 nitrogen and oxygen atoms in total. The first-order valence-corrected chi connectivity index (χ1v) is 13.4.